The van der Waals surface area contributed by atoms with Crippen molar-refractivity contribution in [2.45, 2.75) is 38.5 Å². The van der Waals surface area contributed by atoms with E-state index >= 15 is 0 Å². The van der Waals surface area contributed by atoms with E-state index < -0.39 is 0 Å². The van der Waals surface area contributed by atoms with Gasteiger partial charge in [0, 0.05) is 16.6 Å². The molecule has 0 heterocycles. The molecule has 0 fully saturated rings. The predicted octanol–water partition coefficient (Wildman–Crippen LogP) is 5.07. The molecule has 0 aliphatic heterocycles. The number of rotatable bonds is 2. The Bertz CT molecular complexity index is 992. The minimum absolute atomic E-state index is 0.00734. The Labute approximate surface area is 147 Å². The number of hydrogen-bond donors (Lipinski definition) is 1. The van der Waals surface area contributed by atoms with Gasteiger partial charge in [-0.05, 0) is 84.4 Å². The van der Waals surface area contributed by atoms with E-state index in [0.29, 0.717) is 0 Å². The average Bonchev–Trinajstić information content (AvgIpc) is 3.08. The molecule has 2 nitrogen and oxygen atoms in total. The van der Waals surface area contributed by atoms with E-state index in [9.17, 15) is 4.79 Å². The third kappa shape index (κ3) is 2.44. The van der Waals surface area contributed by atoms with Gasteiger partial charge in [-0.3, -0.25) is 4.79 Å². The van der Waals surface area contributed by atoms with Crippen molar-refractivity contribution in [3.8, 4) is 0 Å². The molecule has 0 spiro atoms. The summed E-state index contributed by atoms with van der Waals surface area (Å²) in [4.78, 5) is 12.8. The van der Waals surface area contributed by atoms with Gasteiger partial charge in [0.2, 0.25) is 0 Å². The molecule has 3 aromatic rings. The molecule has 0 atom stereocenters. The monoisotopic (exact) mass is 327 g/mol. The second-order valence-corrected chi connectivity index (χ2v) is 7.26. The van der Waals surface area contributed by atoms with Crippen LogP contribution in [-0.2, 0) is 25.7 Å². The maximum Gasteiger partial charge on any atom is 0.255 e. The number of nitrogens with one attached hydrogen (secondary N) is 1. The van der Waals surface area contributed by atoms with Crippen LogP contribution in [0.25, 0.3) is 10.8 Å². The molecule has 0 bridgehead atoms. The van der Waals surface area contributed by atoms with Crippen LogP contribution in [0.3, 0.4) is 0 Å². The van der Waals surface area contributed by atoms with Crippen LogP contribution in [0.2, 0.25) is 0 Å². The molecule has 0 saturated heterocycles. The first-order valence-electron chi connectivity index (χ1n) is 9.26. The SMILES string of the molecule is O=C(Nc1ccc2c3c(cccc13)CC2)c1ccc2c(c1)CCCC2. The number of aryl methyl sites for hydroxylation is 4. The molecule has 5 rings (SSSR count). The quantitative estimate of drug-likeness (QED) is 0.699. The first-order chi connectivity index (χ1) is 12.3. The molecule has 25 heavy (non-hydrogen) atoms. The number of anilines is 1. The van der Waals surface area contributed by atoms with Gasteiger partial charge >= 0.3 is 0 Å². The summed E-state index contributed by atoms with van der Waals surface area (Å²) in [6.07, 6.45) is 6.94. The fourth-order valence-corrected chi connectivity index (χ4v) is 4.42. The molecule has 124 valence electrons. The van der Waals surface area contributed by atoms with Crippen molar-refractivity contribution >= 4 is 22.4 Å². The smallest absolute Gasteiger partial charge is 0.255 e. The summed E-state index contributed by atoms with van der Waals surface area (Å²) in [6, 6.07) is 16.8. The second kappa shape index (κ2) is 5.73. The zero-order valence-corrected chi connectivity index (χ0v) is 14.3. The fraction of sp³-hybridized carbons (Fsp3) is 0.261. The molecular formula is C23H21NO. The topological polar surface area (TPSA) is 29.1 Å². The molecule has 1 N–H and O–H groups in total. The zero-order valence-electron chi connectivity index (χ0n) is 14.3. The van der Waals surface area contributed by atoms with Gasteiger partial charge in [-0.2, -0.15) is 0 Å². The normalized spacial score (nSPS) is 15.2. The molecule has 2 aliphatic carbocycles. The number of benzene rings is 3. The Balaban J connectivity index is 1.50. The molecule has 0 aromatic heterocycles. The van der Waals surface area contributed by atoms with Crippen molar-refractivity contribution < 1.29 is 4.79 Å². The average molecular weight is 327 g/mol. The summed E-state index contributed by atoms with van der Waals surface area (Å²) in [5.41, 5.74) is 7.25. The molecule has 0 unspecified atom stereocenters. The summed E-state index contributed by atoms with van der Waals surface area (Å²) in [5.74, 6) is -0.00734. The van der Waals surface area contributed by atoms with Gasteiger partial charge in [0.1, 0.15) is 0 Å². The van der Waals surface area contributed by atoms with E-state index in [-0.39, 0.29) is 5.91 Å². The third-order valence-corrected chi connectivity index (χ3v) is 5.74. The lowest BCUT2D eigenvalue weighted by Gasteiger charge is -2.17. The van der Waals surface area contributed by atoms with Gasteiger partial charge in [0.05, 0.1) is 0 Å². The third-order valence-electron chi connectivity index (χ3n) is 5.74. The Morgan fingerprint density at radius 2 is 1.52 bits per heavy atom. The number of fused-ring (bicyclic) bond motifs is 1. The molecule has 3 aromatic carbocycles. The minimum atomic E-state index is -0.00734. The first-order valence-corrected chi connectivity index (χ1v) is 9.26. The van der Waals surface area contributed by atoms with Crippen LogP contribution >= 0.6 is 0 Å². The van der Waals surface area contributed by atoms with Crippen LogP contribution in [0.15, 0.2) is 48.5 Å². The Morgan fingerprint density at radius 1 is 0.760 bits per heavy atom. The molecule has 2 aliphatic rings. The number of amides is 1. The lowest BCUT2D eigenvalue weighted by atomic mass is 9.90. The van der Waals surface area contributed by atoms with E-state index in [0.717, 1.165) is 36.9 Å². The molecule has 2 heteroatoms. The minimum Gasteiger partial charge on any atom is -0.321 e. The van der Waals surface area contributed by atoms with Gasteiger partial charge in [-0.15, -0.1) is 0 Å². The van der Waals surface area contributed by atoms with Crippen LogP contribution in [-0.4, -0.2) is 5.91 Å². The van der Waals surface area contributed by atoms with Crippen LogP contribution in [0.4, 0.5) is 5.69 Å². The van der Waals surface area contributed by atoms with Crippen LogP contribution in [0.1, 0.15) is 45.5 Å². The molecule has 0 radical (unpaired) electrons. The maximum atomic E-state index is 12.8. The summed E-state index contributed by atoms with van der Waals surface area (Å²) in [6.45, 7) is 0. The van der Waals surface area contributed by atoms with E-state index in [1.54, 1.807) is 0 Å². The van der Waals surface area contributed by atoms with E-state index in [2.05, 4.69) is 47.8 Å². The van der Waals surface area contributed by atoms with E-state index in [1.165, 1.54) is 45.9 Å². The highest BCUT2D eigenvalue weighted by molar-refractivity contribution is 6.10. The summed E-state index contributed by atoms with van der Waals surface area (Å²) in [7, 11) is 0. The van der Waals surface area contributed by atoms with Gasteiger partial charge in [-0.1, -0.05) is 30.3 Å². The maximum absolute atomic E-state index is 12.8. The first kappa shape index (κ1) is 14.7. The van der Waals surface area contributed by atoms with Crippen molar-refractivity contribution in [1.29, 1.82) is 0 Å². The lowest BCUT2D eigenvalue weighted by molar-refractivity contribution is 0.102. The van der Waals surface area contributed by atoms with Crippen molar-refractivity contribution in [2.75, 3.05) is 5.32 Å². The second-order valence-electron chi connectivity index (χ2n) is 7.26. The number of carbonyl (C=O) groups excluding carboxylic acids is 1. The number of carbonyl (C=O) groups is 1. The van der Waals surface area contributed by atoms with Gasteiger partial charge in [0.15, 0.2) is 0 Å². The fourth-order valence-electron chi connectivity index (χ4n) is 4.42. The van der Waals surface area contributed by atoms with Gasteiger partial charge < -0.3 is 5.32 Å². The molecule has 0 saturated carbocycles. The standard InChI is InChI=1S/C23H21NO/c25-23(19-11-8-15-4-1-2-5-18(15)14-19)24-21-13-12-17-10-9-16-6-3-7-20(21)22(16)17/h3,6-8,11-14H,1-2,4-5,9-10H2,(H,24,25). The summed E-state index contributed by atoms with van der Waals surface area (Å²) < 4.78 is 0. The number of hydrogen-bond acceptors (Lipinski definition) is 1. The Kier molecular flexibility index (Phi) is 3.37. The molecular weight excluding hydrogens is 306 g/mol. The van der Waals surface area contributed by atoms with Crippen molar-refractivity contribution in [3.05, 3.63) is 76.3 Å². The highest BCUT2D eigenvalue weighted by atomic mass is 16.1. The summed E-state index contributed by atoms with van der Waals surface area (Å²) >= 11 is 0. The Hall–Kier alpha value is -2.61. The van der Waals surface area contributed by atoms with Crippen molar-refractivity contribution in [1.82, 2.24) is 0 Å². The lowest BCUT2D eigenvalue weighted by Crippen LogP contribution is -2.14. The van der Waals surface area contributed by atoms with Gasteiger partial charge in [-0.25, -0.2) is 0 Å². The summed E-state index contributed by atoms with van der Waals surface area (Å²) in [5, 5.41) is 5.66. The van der Waals surface area contributed by atoms with Crippen LogP contribution < -0.4 is 5.32 Å². The zero-order chi connectivity index (χ0) is 16.8. The molecule has 1 amide bonds. The van der Waals surface area contributed by atoms with Crippen LogP contribution in [0.5, 0.6) is 0 Å². The van der Waals surface area contributed by atoms with Gasteiger partial charge in [0.25, 0.3) is 5.91 Å². The highest BCUT2D eigenvalue weighted by Gasteiger charge is 2.18. The Morgan fingerprint density at radius 3 is 2.40 bits per heavy atom. The van der Waals surface area contributed by atoms with Crippen molar-refractivity contribution in [2.24, 2.45) is 0 Å². The largest absolute Gasteiger partial charge is 0.321 e. The van der Waals surface area contributed by atoms with E-state index in [1.807, 2.05) is 6.07 Å². The highest BCUT2D eigenvalue weighted by Crippen LogP contribution is 2.35. The van der Waals surface area contributed by atoms with E-state index in [4.69, 9.17) is 0 Å². The predicted molar refractivity (Wildman–Crippen MR) is 102 cm³/mol. The van der Waals surface area contributed by atoms with Crippen molar-refractivity contribution in [3.63, 3.8) is 0 Å². The van der Waals surface area contributed by atoms with Crippen LogP contribution in [0, 0.1) is 0 Å².